The SMILES string of the molecule is CCCCCC[Si](Br)(OC)c1ccccc1. The smallest absolute Gasteiger partial charge is 0.295 e. The number of hydrogen-bond acceptors (Lipinski definition) is 1. The van der Waals surface area contributed by atoms with Gasteiger partial charge in [-0.15, -0.1) is 0 Å². The number of unbranched alkanes of at least 4 members (excludes halogenated alkanes) is 3. The standard InChI is InChI=1S/C13H21BrOSi/c1-3-4-5-9-12-16(14,15-2)13-10-7-6-8-11-13/h6-8,10-11H,3-5,9,12H2,1-2H3. The Morgan fingerprint density at radius 1 is 1.12 bits per heavy atom. The van der Waals surface area contributed by atoms with Gasteiger partial charge in [0.25, 0.3) is 6.94 Å². The van der Waals surface area contributed by atoms with Crippen LogP contribution in [0.2, 0.25) is 6.04 Å². The molecule has 0 saturated carbocycles. The van der Waals surface area contributed by atoms with Crippen LogP contribution in [0, 0.1) is 0 Å². The van der Waals surface area contributed by atoms with Crippen LogP contribution in [0.3, 0.4) is 0 Å². The highest BCUT2D eigenvalue weighted by atomic mass is 79.9. The molecule has 1 rings (SSSR count). The molecule has 0 aliphatic carbocycles. The Morgan fingerprint density at radius 2 is 1.81 bits per heavy atom. The molecule has 0 bridgehead atoms. The van der Waals surface area contributed by atoms with E-state index in [1.165, 1.54) is 30.9 Å². The first-order valence-corrected chi connectivity index (χ1v) is 10.4. The largest absolute Gasteiger partial charge is 0.406 e. The van der Waals surface area contributed by atoms with E-state index in [0.717, 1.165) is 6.04 Å². The Morgan fingerprint density at radius 3 is 2.38 bits per heavy atom. The number of rotatable bonds is 7. The topological polar surface area (TPSA) is 9.23 Å². The van der Waals surface area contributed by atoms with E-state index in [4.69, 9.17) is 4.43 Å². The third-order valence-corrected chi connectivity index (χ3v) is 9.25. The molecule has 0 saturated heterocycles. The molecule has 0 radical (unpaired) electrons. The van der Waals surface area contributed by atoms with Gasteiger partial charge in [0.15, 0.2) is 0 Å². The maximum absolute atomic E-state index is 5.76. The van der Waals surface area contributed by atoms with Gasteiger partial charge >= 0.3 is 0 Å². The molecule has 16 heavy (non-hydrogen) atoms. The molecule has 0 spiro atoms. The third kappa shape index (κ3) is 4.04. The first-order chi connectivity index (χ1) is 7.73. The first kappa shape index (κ1) is 13.9. The second kappa shape index (κ2) is 7.25. The summed E-state index contributed by atoms with van der Waals surface area (Å²) in [6.07, 6.45) is 5.19. The van der Waals surface area contributed by atoms with Gasteiger partial charge in [-0.2, -0.15) is 0 Å². The first-order valence-electron chi connectivity index (χ1n) is 6.02. The maximum Gasteiger partial charge on any atom is 0.295 e. The predicted octanol–water partition coefficient (Wildman–Crippen LogP) is 3.96. The zero-order valence-corrected chi connectivity index (χ0v) is 12.8. The molecule has 90 valence electrons. The Labute approximate surface area is 108 Å². The monoisotopic (exact) mass is 300 g/mol. The van der Waals surface area contributed by atoms with E-state index >= 15 is 0 Å². The normalized spacial score (nSPS) is 14.7. The van der Waals surface area contributed by atoms with Gasteiger partial charge in [0, 0.05) is 7.11 Å². The highest BCUT2D eigenvalue weighted by Crippen LogP contribution is 2.22. The van der Waals surface area contributed by atoms with Crippen molar-refractivity contribution in [3.63, 3.8) is 0 Å². The molecule has 0 aliphatic heterocycles. The number of halogens is 1. The highest BCUT2D eigenvalue weighted by Gasteiger charge is 2.32. The summed E-state index contributed by atoms with van der Waals surface area (Å²) in [6, 6.07) is 11.7. The fourth-order valence-electron chi connectivity index (χ4n) is 1.83. The number of hydrogen-bond donors (Lipinski definition) is 0. The van der Waals surface area contributed by atoms with Crippen LogP contribution in [0.1, 0.15) is 32.6 Å². The Bertz CT molecular complexity index is 291. The third-order valence-electron chi connectivity index (χ3n) is 2.88. The Hall–Kier alpha value is -0.123. The minimum atomic E-state index is -1.84. The van der Waals surface area contributed by atoms with Gasteiger partial charge < -0.3 is 4.43 Å². The summed E-state index contributed by atoms with van der Waals surface area (Å²) in [7, 11) is 1.83. The van der Waals surface area contributed by atoms with Crippen LogP contribution >= 0.6 is 15.3 Å². The van der Waals surface area contributed by atoms with E-state index in [1.807, 2.05) is 7.11 Å². The van der Waals surface area contributed by atoms with Crippen molar-refractivity contribution in [1.29, 1.82) is 0 Å². The lowest BCUT2D eigenvalue weighted by Crippen LogP contribution is -2.43. The molecule has 0 aliphatic rings. The van der Waals surface area contributed by atoms with E-state index in [0.29, 0.717) is 0 Å². The van der Waals surface area contributed by atoms with Crippen molar-refractivity contribution in [1.82, 2.24) is 0 Å². The summed E-state index contributed by atoms with van der Waals surface area (Å²) in [5.41, 5.74) is 0. The van der Waals surface area contributed by atoms with Gasteiger partial charge in [-0.3, -0.25) is 0 Å². The van der Waals surface area contributed by atoms with Gasteiger partial charge in [0.2, 0.25) is 0 Å². The Balaban J connectivity index is 2.56. The summed E-state index contributed by atoms with van der Waals surface area (Å²) in [4.78, 5) is 0. The molecule has 0 heterocycles. The molecule has 1 aromatic rings. The van der Waals surface area contributed by atoms with Gasteiger partial charge in [0.05, 0.1) is 0 Å². The molecule has 3 heteroatoms. The van der Waals surface area contributed by atoms with Crippen LogP contribution in [0.5, 0.6) is 0 Å². The minimum absolute atomic E-state index is 1.16. The van der Waals surface area contributed by atoms with E-state index < -0.39 is 6.94 Å². The molecular weight excluding hydrogens is 280 g/mol. The zero-order valence-electron chi connectivity index (χ0n) is 10.2. The van der Waals surface area contributed by atoms with Crippen molar-refractivity contribution in [2.75, 3.05) is 7.11 Å². The van der Waals surface area contributed by atoms with Crippen molar-refractivity contribution < 1.29 is 4.43 Å². The lowest BCUT2D eigenvalue weighted by Gasteiger charge is -2.23. The van der Waals surface area contributed by atoms with Gasteiger partial charge in [-0.25, -0.2) is 0 Å². The van der Waals surface area contributed by atoms with Crippen LogP contribution in [0.25, 0.3) is 0 Å². The summed E-state index contributed by atoms with van der Waals surface area (Å²) in [5, 5.41) is 1.34. The molecule has 0 aromatic heterocycles. The molecule has 1 unspecified atom stereocenters. The zero-order chi connectivity index (χ0) is 11.9. The van der Waals surface area contributed by atoms with Crippen molar-refractivity contribution in [3.05, 3.63) is 30.3 Å². The molecule has 0 fully saturated rings. The van der Waals surface area contributed by atoms with Crippen LogP contribution in [-0.2, 0) is 4.43 Å². The number of benzene rings is 1. The van der Waals surface area contributed by atoms with Gasteiger partial charge in [-0.1, -0.05) is 78.2 Å². The molecule has 0 amide bonds. The summed E-state index contributed by atoms with van der Waals surface area (Å²) < 4.78 is 5.76. The van der Waals surface area contributed by atoms with Crippen LogP contribution in [0.4, 0.5) is 0 Å². The fourth-order valence-corrected chi connectivity index (χ4v) is 5.59. The van der Waals surface area contributed by atoms with Crippen molar-refractivity contribution in [2.45, 2.75) is 38.7 Å². The van der Waals surface area contributed by atoms with E-state index in [9.17, 15) is 0 Å². The van der Waals surface area contributed by atoms with Crippen LogP contribution in [0.15, 0.2) is 30.3 Å². The van der Waals surface area contributed by atoms with Gasteiger partial charge in [-0.05, 0) is 11.2 Å². The van der Waals surface area contributed by atoms with Crippen molar-refractivity contribution >= 4 is 27.4 Å². The molecule has 1 nitrogen and oxygen atoms in total. The van der Waals surface area contributed by atoms with Crippen LogP contribution < -0.4 is 5.19 Å². The van der Waals surface area contributed by atoms with Gasteiger partial charge in [0.1, 0.15) is 0 Å². The molecule has 1 atom stereocenters. The minimum Gasteiger partial charge on any atom is -0.406 e. The second-order valence-corrected chi connectivity index (χ2v) is 10.9. The summed E-state index contributed by atoms with van der Waals surface area (Å²) in [5.74, 6) is 0. The highest BCUT2D eigenvalue weighted by molar-refractivity contribution is 9.26. The Kier molecular flexibility index (Phi) is 6.32. The van der Waals surface area contributed by atoms with E-state index in [1.54, 1.807) is 0 Å². The predicted molar refractivity (Wildman–Crippen MR) is 76.7 cm³/mol. The van der Waals surface area contributed by atoms with Crippen LogP contribution in [-0.4, -0.2) is 14.0 Å². The van der Waals surface area contributed by atoms with Crippen molar-refractivity contribution in [3.8, 4) is 0 Å². The lowest BCUT2D eigenvalue weighted by molar-refractivity contribution is 0.421. The summed E-state index contributed by atoms with van der Waals surface area (Å²) in [6.45, 7) is 0.405. The second-order valence-electron chi connectivity index (χ2n) is 4.11. The lowest BCUT2D eigenvalue weighted by atomic mass is 10.2. The molecule has 0 N–H and O–H groups in total. The molecule has 1 aromatic carbocycles. The average Bonchev–Trinajstić information content (AvgIpc) is 2.35. The molecular formula is C13H21BrOSi. The van der Waals surface area contributed by atoms with E-state index in [2.05, 4.69) is 52.5 Å². The average molecular weight is 301 g/mol. The maximum atomic E-state index is 5.76. The summed E-state index contributed by atoms with van der Waals surface area (Å²) >= 11 is 3.86. The van der Waals surface area contributed by atoms with E-state index in [-0.39, 0.29) is 0 Å². The van der Waals surface area contributed by atoms with Crippen molar-refractivity contribution in [2.24, 2.45) is 0 Å². The fraction of sp³-hybridized carbons (Fsp3) is 0.538. The quantitative estimate of drug-likeness (QED) is 0.421.